The fraction of sp³-hybridized carbons (Fsp3) is 0.737. The Morgan fingerprint density at radius 2 is 1.88 bits per heavy atom. The summed E-state index contributed by atoms with van der Waals surface area (Å²) in [6.07, 6.45) is 8.70. The van der Waals surface area contributed by atoms with Crippen LogP contribution in [0.25, 0.3) is 0 Å². The summed E-state index contributed by atoms with van der Waals surface area (Å²) >= 11 is 0. The van der Waals surface area contributed by atoms with Gasteiger partial charge in [-0.1, -0.05) is 0 Å². The number of pyridine rings is 1. The van der Waals surface area contributed by atoms with Crippen LogP contribution < -0.4 is 4.90 Å². The molecule has 1 aromatic rings. The molecule has 3 aliphatic rings. The van der Waals surface area contributed by atoms with Gasteiger partial charge in [0.1, 0.15) is 0 Å². The molecular weight excluding hydrogens is 302 g/mol. The van der Waals surface area contributed by atoms with Crippen molar-refractivity contribution in [2.24, 2.45) is 5.41 Å². The first kappa shape index (κ1) is 16.3. The van der Waals surface area contributed by atoms with E-state index >= 15 is 0 Å². The van der Waals surface area contributed by atoms with Gasteiger partial charge in [-0.25, -0.2) is 0 Å². The van der Waals surface area contributed by atoms with Gasteiger partial charge in [-0.05, 0) is 50.9 Å². The number of piperidine rings is 1. The third-order valence-corrected chi connectivity index (χ3v) is 6.02. The highest BCUT2D eigenvalue weighted by Gasteiger charge is 2.39. The van der Waals surface area contributed by atoms with E-state index in [1.165, 1.54) is 44.5 Å². The summed E-state index contributed by atoms with van der Waals surface area (Å²) < 4.78 is 11.5. The predicted molar refractivity (Wildman–Crippen MR) is 94.4 cm³/mol. The lowest BCUT2D eigenvalue weighted by Gasteiger charge is -2.46. The molecule has 4 heterocycles. The lowest BCUT2D eigenvalue weighted by molar-refractivity contribution is -0.0159. The molecule has 0 atom stereocenters. The minimum absolute atomic E-state index is 0.300. The summed E-state index contributed by atoms with van der Waals surface area (Å²) in [6.45, 7) is 8.07. The molecule has 0 aromatic carbocycles. The normalized spacial score (nSPS) is 26.4. The Morgan fingerprint density at radius 3 is 2.62 bits per heavy atom. The largest absolute Gasteiger partial charge is 0.381 e. The van der Waals surface area contributed by atoms with Gasteiger partial charge in [0.25, 0.3) is 0 Å². The van der Waals surface area contributed by atoms with E-state index < -0.39 is 0 Å². The maximum Gasteiger partial charge on any atom is 0.0641 e. The third kappa shape index (κ3) is 3.58. The van der Waals surface area contributed by atoms with Crippen molar-refractivity contribution < 1.29 is 9.47 Å². The van der Waals surface area contributed by atoms with E-state index in [9.17, 15) is 0 Å². The minimum Gasteiger partial charge on any atom is -0.381 e. The van der Waals surface area contributed by atoms with Crippen molar-refractivity contribution in [3.63, 3.8) is 0 Å². The molecular formula is C19H29N3O2. The third-order valence-electron chi connectivity index (χ3n) is 6.02. The molecule has 5 heteroatoms. The quantitative estimate of drug-likeness (QED) is 0.830. The van der Waals surface area contributed by atoms with Crippen LogP contribution in [0.4, 0.5) is 5.69 Å². The molecule has 0 unspecified atom stereocenters. The first-order chi connectivity index (χ1) is 11.8. The SMILES string of the molecule is c1cncc(N2CCOCC3(CCN(C4CCOCC4)CC3)C2)c1. The molecule has 0 bridgehead atoms. The standard InChI is InChI=1S/C19H29N3O2/c1-2-18(14-20-7-1)22-10-13-24-16-19(15-22)5-8-21(9-6-19)17-3-11-23-12-4-17/h1-2,7,14,17H,3-6,8-13,15-16H2. The molecule has 0 amide bonds. The summed E-state index contributed by atoms with van der Waals surface area (Å²) in [7, 11) is 0. The lowest BCUT2D eigenvalue weighted by Crippen LogP contribution is -2.51. The van der Waals surface area contributed by atoms with E-state index in [2.05, 4.69) is 20.9 Å². The van der Waals surface area contributed by atoms with Crippen molar-refractivity contribution in [1.29, 1.82) is 0 Å². The summed E-state index contributed by atoms with van der Waals surface area (Å²) in [4.78, 5) is 9.47. The van der Waals surface area contributed by atoms with E-state index in [-0.39, 0.29) is 0 Å². The molecule has 5 nitrogen and oxygen atoms in total. The van der Waals surface area contributed by atoms with Gasteiger partial charge in [0.15, 0.2) is 0 Å². The number of aromatic nitrogens is 1. The molecule has 4 rings (SSSR count). The highest BCUT2D eigenvalue weighted by molar-refractivity contribution is 5.44. The summed E-state index contributed by atoms with van der Waals surface area (Å²) in [5.41, 5.74) is 1.53. The summed E-state index contributed by atoms with van der Waals surface area (Å²) in [5.74, 6) is 0. The zero-order valence-corrected chi connectivity index (χ0v) is 14.5. The van der Waals surface area contributed by atoms with E-state index in [1.807, 2.05) is 18.5 Å². The molecule has 0 saturated carbocycles. The Morgan fingerprint density at radius 1 is 1.04 bits per heavy atom. The second-order valence-corrected chi connectivity index (χ2v) is 7.56. The van der Waals surface area contributed by atoms with Crippen molar-refractivity contribution in [2.45, 2.75) is 31.7 Å². The smallest absolute Gasteiger partial charge is 0.0641 e. The number of rotatable bonds is 2. The summed E-state index contributed by atoms with van der Waals surface area (Å²) in [5, 5.41) is 0. The lowest BCUT2D eigenvalue weighted by atomic mass is 9.78. The van der Waals surface area contributed by atoms with Crippen LogP contribution in [0.2, 0.25) is 0 Å². The number of nitrogens with zero attached hydrogens (tertiary/aromatic N) is 3. The second kappa shape index (κ2) is 7.38. The van der Waals surface area contributed by atoms with Gasteiger partial charge in [-0.3, -0.25) is 4.98 Å². The minimum atomic E-state index is 0.300. The van der Waals surface area contributed by atoms with Gasteiger partial charge >= 0.3 is 0 Å². The highest BCUT2D eigenvalue weighted by Crippen LogP contribution is 2.37. The average molecular weight is 331 g/mol. The predicted octanol–water partition coefficient (Wildman–Crippen LogP) is 2.18. The van der Waals surface area contributed by atoms with Gasteiger partial charge in [-0.15, -0.1) is 0 Å². The zero-order chi connectivity index (χ0) is 16.2. The molecule has 3 fully saturated rings. The maximum atomic E-state index is 6.02. The average Bonchev–Trinajstić information content (AvgIpc) is 2.87. The van der Waals surface area contributed by atoms with E-state index in [0.29, 0.717) is 5.41 Å². The first-order valence-corrected chi connectivity index (χ1v) is 9.39. The van der Waals surface area contributed by atoms with Gasteiger partial charge in [-0.2, -0.15) is 0 Å². The van der Waals surface area contributed by atoms with Crippen LogP contribution in [-0.2, 0) is 9.47 Å². The molecule has 3 saturated heterocycles. The number of hydrogen-bond acceptors (Lipinski definition) is 5. The monoisotopic (exact) mass is 331 g/mol. The Kier molecular flexibility index (Phi) is 5.01. The second-order valence-electron chi connectivity index (χ2n) is 7.56. The fourth-order valence-electron chi connectivity index (χ4n) is 4.47. The van der Waals surface area contributed by atoms with Crippen molar-refractivity contribution in [3.8, 4) is 0 Å². The van der Waals surface area contributed by atoms with Crippen molar-refractivity contribution in [1.82, 2.24) is 9.88 Å². The number of ether oxygens (including phenoxy) is 2. The van der Waals surface area contributed by atoms with Crippen LogP contribution >= 0.6 is 0 Å². The van der Waals surface area contributed by atoms with E-state index in [4.69, 9.17) is 9.47 Å². The van der Waals surface area contributed by atoms with Crippen LogP contribution in [0.3, 0.4) is 0 Å². The molecule has 0 aliphatic carbocycles. The fourth-order valence-corrected chi connectivity index (χ4v) is 4.47. The van der Waals surface area contributed by atoms with Crippen LogP contribution in [0.15, 0.2) is 24.5 Å². The van der Waals surface area contributed by atoms with Crippen LogP contribution in [0.1, 0.15) is 25.7 Å². The van der Waals surface area contributed by atoms with E-state index in [1.54, 1.807) is 0 Å². The van der Waals surface area contributed by atoms with Gasteiger partial charge < -0.3 is 19.3 Å². The Balaban J connectivity index is 1.41. The molecule has 1 aromatic heterocycles. The zero-order valence-electron chi connectivity index (χ0n) is 14.5. The molecule has 132 valence electrons. The Labute approximate surface area is 144 Å². The van der Waals surface area contributed by atoms with Crippen LogP contribution in [0.5, 0.6) is 0 Å². The topological polar surface area (TPSA) is 37.8 Å². The van der Waals surface area contributed by atoms with E-state index in [0.717, 1.165) is 45.6 Å². The van der Waals surface area contributed by atoms with Gasteiger partial charge in [0, 0.05) is 44.0 Å². The Hall–Kier alpha value is -1.17. The highest BCUT2D eigenvalue weighted by atomic mass is 16.5. The van der Waals surface area contributed by atoms with Gasteiger partial charge in [0.05, 0.1) is 25.1 Å². The first-order valence-electron chi connectivity index (χ1n) is 9.39. The maximum absolute atomic E-state index is 6.02. The molecule has 24 heavy (non-hydrogen) atoms. The van der Waals surface area contributed by atoms with Crippen molar-refractivity contribution >= 4 is 5.69 Å². The van der Waals surface area contributed by atoms with Gasteiger partial charge in [0.2, 0.25) is 0 Å². The molecule has 1 spiro atoms. The van der Waals surface area contributed by atoms with Crippen LogP contribution in [0, 0.1) is 5.41 Å². The van der Waals surface area contributed by atoms with Crippen molar-refractivity contribution in [3.05, 3.63) is 24.5 Å². The number of likely N-dealkylation sites (tertiary alicyclic amines) is 1. The number of anilines is 1. The molecule has 0 N–H and O–H groups in total. The summed E-state index contributed by atoms with van der Waals surface area (Å²) in [6, 6.07) is 4.93. The molecule has 0 radical (unpaired) electrons. The Bertz CT molecular complexity index is 511. The molecule has 3 aliphatic heterocycles. The van der Waals surface area contributed by atoms with Crippen molar-refractivity contribution in [2.75, 3.05) is 57.5 Å². The van der Waals surface area contributed by atoms with Crippen LogP contribution in [-0.4, -0.2) is 68.5 Å². The number of hydrogen-bond donors (Lipinski definition) is 0.